The Hall–Kier alpha value is -2.05. The first-order chi connectivity index (χ1) is 12.6. The number of hydrogen-bond donors (Lipinski definition) is 3. The van der Waals surface area contributed by atoms with Gasteiger partial charge in [-0.3, -0.25) is 9.69 Å². The minimum Gasteiger partial charge on any atom is -0.504 e. The largest absolute Gasteiger partial charge is 0.504 e. The Morgan fingerprint density at radius 3 is 3.04 bits per heavy atom. The molecule has 4 aliphatic rings. The molecular weight excluding hydrogens is 332 g/mol. The maximum absolute atomic E-state index is 12.0. The number of phenolic OH excluding ortho intramolecular Hbond substituents is 1. The van der Waals surface area contributed by atoms with Gasteiger partial charge in [-0.2, -0.15) is 0 Å². The van der Waals surface area contributed by atoms with Gasteiger partial charge in [0.1, 0.15) is 6.10 Å². The second kappa shape index (κ2) is 5.24. The lowest BCUT2D eigenvalue weighted by atomic mass is 9.48. The highest BCUT2D eigenvalue weighted by atomic mass is 16.5. The molecule has 1 unspecified atom stereocenters. The van der Waals surface area contributed by atoms with Crippen LogP contribution in [0.15, 0.2) is 24.8 Å². The molecular formula is C20H24N2O4. The number of rotatable bonds is 4. The van der Waals surface area contributed by atoms with Gasteiger partial charge >= 0.3 is 0 Å². The minimum absolute atomic E-state index is 0.0134. The van der Waals surface area contributed by atoms with E-state index in [-0.39, 0.29) is 23.9 Å². The van der Waals surface area contributed by atoms with E-state index in [1.807, 2.05) is 12.1 Å². The van der Waals surface area contributed by atoms with Crippen molar-refractivity contribution in [3.63, 3.8) is 0 Å². The van der Waals surface area contributed by atoms with Gasteiger partial charge < -0.3 is 20.3 Å². The molecule has 3 N–H and O–H groups in total. The first kappa shape index (κ1) is 16.1. The maximum Gasteiger partial charge on any atom is 0.207 e. The summed E-state index contributed by atoms with van der Waals surface area (Å²) in [6, 6.07) is 3.46. The van der Waals surface area contributed by atoms with Gasteiger partial charge in [0.05, 0.1) is 17.1 Å². The van der Waals surface area contributed by atoms with E-state index in [0.717, 1.165) is 37.1 Å². The zero-order valence-electron chi connectivity index (χ0n) is 14.6. The first-order valence-electron chi connectivity index (χ1n) is 9.36. The van der Waals surface area contributed by atoms with Crippen molar-refractivity contribution in [3.05, 3.63) is 35.9 Å². The summed E-state index contributed by atoms with van der Waals surface area (Å²) in [5.41, 5.74) is 0.578. The molecule has 26 heavy (non-hydrogen) atoms. The highest BCUT2D eigenvalue weighted by molar-refractivity contribution is 5.63. The van der Waals surface area contributed by atoms with Crippen molar-refractivity contribution in [2.75, 3.05) is 13.1 Å². The number of carbonyl (C=O) groups is 1. The van der Waals surface area contributed by atoms with Crippen molar-refractivity contribution < 1.29 is 19.7 Å². The van der Waals surface area contributed by atoms with Crippen LogP contribution in [0, 0.1) is 0 Å². The van der Waals surface area contributed by atoms with Crippen molar-refractivity contribution in [2.45, 2.75) is 54.9 Å². The van der Waals surface area contributed by atoms with Crippen LogP contribution >= 0.6 is 0 Å². The number of phenols is 1. The van der Waals surface area contributed by atoms with Crippen molar-refractivity contribution in [1.82, 2.24) is 10.2 Å². The summed E-state index contributed by atoms with van der Waals surface area (Å²) >= 11 is 0. The van der Waals surface area contributed by atoms with Crippen molar-refractivity contribution in [2.24, 2.45) is 0 Å². The maximum atomic E-state index is 12.0. The molecule has 2 aliphatic heterocycles. The highest BCUT2D eigenvalue weighted by Gasteiger charge is 2.72. The SMILES string of the molecule is C=CCN1CC[C@]23c4c5ccc(O)c4O[C@H]2C(NC=O)CC[C@@]3(O)[C@H]1C5. The van der Waals surface area contributed by atoms with Gasteiger partial charge in [-0.15, -0.1) is 6.58 Å². The number of likely N-dealkylation sites (tertiary alicyclic amines) is 1. The summed E-state index contributed by atoms with van der Waals surface area (Å²) in [6.07, 6.45) is 4.97. The van der Waals surface area contributed by atoms with E-state index < -0.39 is 11.0 Å². The van der Waals surface area contributed by atoms with Crippen molar-refractivity contribution in [3.8, 4) is 11.5 Å². The number of aromatic hydroxyl groups is 1. The highest BCUT2D eigenvalue weighted by Crippen LogP contribution is 2.65. The predicted octanol–water partition coefficient (Wildman–Crippen LogP) is 0.847. The third kappa shape index (κ3) is 1.67. The summed E-state index contributed by atoms with van der Waals surface area (Å²) in [6.45, 7) is 5.45. The molecule has 1 spiro atoms. The van der Waals surface area contributed by atoms with Crippen LogP contribution in [0.1, 0.15) is 30.4 Å². The number of ether oxygens (including phenoxy) is 1. The van der Waals surface area contributed by atoms with Crippen LogP contribution in [0.4, 0.5) is 0 Å². The molecule has 5 atom stereocenters. The molecule has 138 valence electrons. The van der Waals surface area contributed by atoms with Crippen LogP contribution in [-0.4, -0.2) is 58.4 Å². The number of amides is 1. The monoisotopic (exact) mass is 356 g/mol. The lowest BCUT2D eigenvalue weighted by Crippen LogP contribution is -2.78. The Balaban J connectivity index is 1.74. The summed E-state index contributed by atoms with van der Waals surface area (Å²) in [5, 5.41) is 25.4. The molecule has 2 bridgehead atoms. The van der Waals surface area contributed by atoms with Gasteiger partial charge in [0, 0.05) is 18.2 Å². The number of hydrogen-bond acceptors (Lipinski definition) is 5. The summed E-state index contributed by atoms with van der Waals surface area (Å²) in [5.74, 6) is 0.618. The second-order valence-corrected chi connectivity index (χ2v) is 8.07. The normalized spacial score (nSPS) is 39.7. The van der Waals surface area contributed by atoms with Gasteiger partial charge in [-0.1, -0.05) is 12.1 Å². The lowest BCUT2D eigenvalue weighted by Gasteiger charge is -2.64. The van der Waals surface area contributed by atoms with E-state index >= 15 is 0 Å². The Bertz CT molecular complexity index is 796. The molecule has 5 rings (SSSR count). The minimum atomic E-state index is -0.938. The smallest absolute Gasteiger partial charge is 0.207 e. The fourth-order valence-electron chi connectivity index (χ4n) is 6.27. The zero-order valence-corrected chi connectivity index (χ0v) is 14.6. The average Bonchev–Trinajstić information content (AvgIpc) is 2.97. The molecule has 2 fully saturated rings. The van der Waals surface area contributed by atoms with Crippen LogP contribution in [0.3, 0.4) is 0 Å². The second-order valence-electron chi connectivity index (χ2n) is 8.07. The van der Waals surface area contributed by atoms with E-state index in [1.165, 1.54) is 0 Å². The molecule has 2 aliphatic carbocycles. The first-order valence-corrected chi connectivity index (χ1v) is 9.36. The van der Waals surface area contributed by atoms with E-state index in [9.17, 15) is 15.0 Å². The fourth-order valence-corrected chi connectivity index (χ4v) is 6.27. The van der Waals surface area contributed by atoms with Crippen LogP contribution in [-0.2, 0) is 16.6 Å². The van der Waals surface area contributed by atoms with Crippen LogP contribution < -0.4 is 10.1 Å². The molecule has 1 saturated carbocycles. The molecule has 0 radical (unpaired) electrons. The van der Waals surface area contributed by atoms with E-state index in [0.29, 0.717) is 25.0 Å². The van der Waals surface area contributed by atoms with Gasteiger partial charge in [-0.25, -0.2) is 0 Å². The third-order valence-corrected chi connectivity index (χ3v) is 7.22. The molecule has 0 aromatic heterocycles. The predicted molar refractivity (Wildman–Crippen MR) is 95.3 cm³/mol. The number of piperidine rings is 1. The van der Waals surface area contributed by atoms with Crippen LogP contribution in [0.2, 0.25) is 0 Å². The van der Waals surface area contributed by atoms with Crippen LogP contribution in [0.25, 0.3) is 0 Å². The standard InChI is InChI=1S/C20H24N2O4/c1-2-8-22-9-7-19-16-12-3-4-14(24)17(16)26-18(19)13(21-11-23)5-6-20(19,25)15(22)10-12/h2-4,11,13,15,18,24-25H,1,5-10H2,(H,21,23)/t13?,15-,18+,19+,20-/m1/s1. The topological polar surface area (TPSA) is 82.0 Å². The van der Waals surface area contributed by atoms with E-state index in [2.05, 4.69) is 16.8 Å². The van der Waals surface area contributed by atoms with Crippen molar-refractivity contribution in [1.29, 1.82) is 0 Å². The van der Waals surface area contributed by atoms with Gasteiger partial charge in [-0.05, 0) is 43.9 Å². The van der Waals surface area contributed by atoms with Crippen molar-refractivity contribution >= 4 is 6.41 Å². The number of carbonyl (C=O) groups excluding carboxylic acids is 1. The number of benzene rings is 1. The molecule has 6 heteroatoms. The summed E-state index contributed by atoms with van der Waals surface area (Å²) in [4.78, 5) is 13.5. The number of nitrogens with zero attached hydrogens (tertiary/aromatic N) is 1. The Kier molecular flexibility index (Phi) is 3.25. The van der Waals surface area contributed by atoms with Gasteiger partial charge in [0.15, 0.2) is 11.5 Å². The zero-order chi connectivity index (χ0) is 18.1. The Morgan fingerprint density at radius 2 is 2.27 bits per heavy atom. The molecule has 1 saturated heterocycles. The van der Waals surface area contributed by atoms with Crippen LogP contribution in [0.5, 0.6) is 11.5 Å². The quantitative estimate of drug-likeness (QED) is 0.550. The van der Waals surface area contributed by atoms with Gasteiger partial charge in [0.25, 0.3) is 0 Å². The average molecular weight is 356 g/mol. The number of aliphatic hydroxyl groups is 1. The van der Waals surface area contributed by atoms with E-state index in [1.54, 1.807) is 6.07 Å². The summed E-state index contributed by atoms with van der Waals surface area (Å²) in [7, 11) is 0. The fraction of sp³-hybridized carbons (Fsp3) is 0.550. The molecule has 6 nitrogen and oxygen atoms in total. The lowest BCUT2D eigenvalue weighted by molar-refractivity contribution is -0.189. The number of nitrogens with one attached hydrogen (secondary N) is 1. The molecule has 2 heterocycles. The van der Waals surface area contributed by atoms with Gasteiger partial charge in [0.2, 0.25) is 6.41 Å². The Morgan fingerprint density at radius 1 is 1.42 bits per heavy atom. The third-order valence-electron chi connectivity index (χ3n) is 7.22. The molecule has 1 aromatic rings. The molecule has 1 amide bonds. The van der Waals surface area contributed by atoms with E-state index in [4.69, 9.17) is 4.74 Å². The molecule has 1 aromatic carbocycles. The Labute approximate surface area is 152 Å². The summed E-state index contributed by atoms with van der Waals surface area (Å²) < 4.78 is 6.26.